The van der Waals surface area contributed by atoms with Gasteiger partial charge in [0.1, 0.15) is 5.75 Å². The monoisotopic (exact) mass is 410 g/mol. The molecule has 31 heavy (non-hydrogen) atoms. The fourth-order valence-electron chi connectivity index (χ4n) is 3.30. The number of rotatable bonds is 6. The number of nitrogens with one attached hydrogen (secondary N) is 2. The van der Waals surface area contributed by atoms with Crippen molar-refractivity contribution in [3.63, 3.8) is 0 Å². The molecule has 0 radical (unpaired) electrons. The van der Waals surface area contributed by atoms with E-state index in [-0.39, 0.29) is 18.4 Å². The van der Waals surface area contributed by atoms with Crippen LogP contribution in [0, 0.1) is 6.92 Å². The number of carbonyl (C=O) groups excluding carboxylic acids is 2. The summed E-state index contributed by atoms with van der Waals surface area (Å²) in [5.74, 6) is 0.157. The van der Waals surface area contributed by atoms with E-state index in [1.807, 2.05) is 67.6 Å². The highest BCUT2D eigenvalue weighted by Gasteiger charge is 2.10. The summed E-state index contributed by atoms with van der Waals surface area (Å²) >= 11 is 0. The molecular formula is C26H22N2O3. The molecule has 0 saturated heterocycles. The third-order valence-corrected chi connectivity index (χ3v) is 4.88. The highest BCUT2D eigenvalue weighted by Crippen LogP contribution is 2.21. The molecule has 0 aromatic heterocycles. The zero-order valence-corrected chi connectivity index (χ0v) is 17.1. The second kappa shape index (κ2) is 9.13. The van der Waals surface area contributed by atoms with Crippen LogP contribution in [0.5, 0.6) is 5.75 Å². The lowest BCUT2D eigenvalue weighted by Gasteiger charge is -2.11. The van der Waals surface area contributed by atoms with E-state index in [1.54, 1.807) is 30.3 Å². The van der Waals surface area contributed by atoms with E-state index in [9.17, 15) is 9.59 Å². The average molecular weight is 410 g/mol. The minimum Gasteiger partial charge on any atom is -0.484 e. The Balaban J connectivity index is 1.36. The first-order valence-electron chi connectivity index (χ1n) is 9.97. The van der Waals surface area contributed by atoms with Crippen molar-refractivity contribution in [3.05, 3.63) is 102 Å². The van der Waals surface area contributed by atoms with Crippen LogP contribution in [-0.4, -0.2) is 18.4 Å². The minimum atomic E-state index is -0.282. The highest BCUT2D eigenvalue weighted by molar-refractivity contribution is 6.05. The van der Waals surface area contributed by atoms with Crippen LogP contribution in [0.3, 0.4) is 0 Å². The summed E-state index contributed by atoms with van der Waals surface area (Å²) in [5, 5.41) is 7.83. The number of ether oxygens (including phenoxy) is 1. The van der Waals surface area contributed by atoms with E-state index in [4.69, 9.17) is 4.74 Å². The molecule has 4 aromatic rings. The molecule has 5 heteroatoms. The van der Waals surface area contributed by atoms with Gasteiger partial charge in [0.2, 0.25) is 0 Å². The SMILES string of the molecule is Cc1ccccc1C(=O)Nc1cccc(NC(=O)COc2ccc3ccccc3c2)c1. The average Bonchev–Trinajstić information content (AvgIpc) is 2.78. The molecule has 5 nitrogen and oxygen atoms in total. The molecule has 0 bridgehead atoms. The topological polar surface area (TPSA) is 67.4 Å². The Kier molecular flexibility index (Phi) is 5.94. The summed E-state index contributed by atoms with van der Waals surface area (Å²) in [5.41, 5.74) is 2.69. The van der Waals surface area contributed by atoms with Gasteiger partial charge in [-0.2, -0.15) is 0 Å². The van der Waals surface area contributed by atoms with Crippen LogP contribution >= 0.6 is 0 Å². The number of hydrogen-bond acceptors (Lipinski definition) is 3. The summed E-state index contributed by atoms with van der Waals surface area (Å²) in [7, 11) is 0. The Morgan fingerprint density at radius 2 is 1.45 bits per heavy atom. The summed E-state index contributed by atoms with van der Waals surface area (Å²) in [6.45, 7) is 1.78. The molecule has 4 aromatic carbocycles. The first-order valence-corrected chi connectivity index (χ1v) is 9.97. The number of anilines is 2. The molecule has 0 saturated carbocycles. The van der Waals surface area contributed by atoms with E-state index < -0.39 is 0 Å². The second-order valence-electron chi connectivity index (χ2n) is 7.20. The molecule has 154 valence electrons. The van der Waals surface area contributed by atoms with E-state index in [2.05, 4.69) is 10.6 Å². The fraction of sp³-hybridized carbons (Fsp3) is 0.0769. The zero-order chi connectivity index (χ0) is 21.6. The third-order valence-electron chi connectivity index (χ3n) is 4.88. The number of aryl methyl sites for hydroxylation is 1. The van der Waals surface area contributed by atoms with E-state index >= 15 is 0 Å². The minimum absolute atomic E-state index is 0.113. The van der Waals surface area contributed by atoms with Gasteiger partial charge in [0.05, 0.1) is 0 Å². The molecule has 0 spiro atoms. The van der Waals surface area contributed by atoms with Crippen molar-refractivity contribution in [3.8, 4) is 5.75 Å². The van der Waals surface area contributed by atoms with Crippen molar-refractivity contribution in [1.82, 2.24) is 0 Å². The van der Waals surface area contributed by atoms with Crippen LogP contribution in [0.2, 0.25) is 0 Å². The molecule has 0 aliphatic heterocycles. The lowest BCUT2D eigenvalue weighted by atomic mass is 10.1. The predicted molar refractivity (Wildman–Crippen MR) is 124 cm³/mol. The van der Waals surface area contributed by atoms with Crippen LogP contribution in [0.25, 0.3) is 10.8 Å². The molecule has 0 aliphatic rings. The Morgan fingerprint density at radius 1 is 0.742 bits per heavy atom. The number of amides is 2. The van der Waals surface area contributed by atoms with Crippen molar-refractivity contribution >= 4 is 34.0 Å². The van der Waals surface area contributed by atoms with Gasteiger partial charge in [0, 0.05) is 16.9 Å². The van der Waals surface area contributed by atoms with Gasteiger partial charge in [0.15, 0.2) is 6.61 Å². The molecule has 0 unspecified atom stereocenters. The van der Waals surface area contributed by atoms with Crippen LogP contribution in [-0.2, 0) is 4.79 Å². The highest BCUT2D eigenvalue weighted by atomic mass is 16.5. The standard InChI is InChI=1S/C26H22N2O3/c1-18-7-2-5-12-24(18)26(30)28-22-11-6-10-21(16-22)27-25(29)17-31-23-14-13-19-8-3-4-9-20(19)15-23/h2-16H,17H2,1H3,(H,27,29)(H,28,30). The molecule has 0 heterocycles. The maximum absolute atomic E-state index is 12.5. The number of benzene rings is 4. The first kappa shape index (κ1) is 20.2. The summed E-state index contributed by atoms with van der Waals surface area (Å²) in [4.78, 5) is 24.8. The smallest absolute Gasteiger partial charge is 0.262 e. The van der Waals surface area contributed by atoms with Gasteiger partial charge in [-0.05, 0) is 59.7 Å². The Morgan fingerprint density at radius 3 is 2.26 bits per heavy atom. The van der Waals surface area contributed by atoms with Gasteiger partial charge in [0.25, 0.3) is 11.8 Å². The van der Waals surface area contributed by atoms with Crippen LogP contribution in [0.4, 0.5) is 11.4 Å². The van der Waals surface area contributed by atoms with Crippen molar-refractivity contribution < 1.29 is 14.3 Å². The van der Waals surface area contributed by atoms with E-state index in [0.29, 0.717) is 22.7 Å². The van der Waals surface area contributed by atoms with Gasteiger partial charge in [-0.25, -0.2) is 0 Å². The van der Waals surface area contributed by atoms with Gasteiger partial charge in [-0.3, -0.25) is 9.59 Å². The van der Waals surface area contributed by atoms with Crippen LogP contribution in [0.15, 0.2) is 91.0 Å². The van der Waals surface area contributed by atoms with Crippen molar-refractivity contribution in [2.24, 2.45) is 0 Å². The zero-order valence-electron chi connectivity index (χ0n) is 17.1. The largest absolute Gasteiger partial charge is 0.484 e. The van der Waals surface area contributed by atoms with Crippen molar-refractivity contribution in [2.75, 3.05) is 17.2 Å². The van der Waals surface area contributed by atoms with Crippen LogP contribution in [0.1, 0.15) is 15.9 Å². The number of carbonyl (C=O) groups is 2. The lowest BCUT2D eigenvalue weighted by molar-refractivity contribution is -0.118. The number of hydrogen-bond donors (Lipinski definition) is 2. The van der Waals surface area contributed by atoms with Crippen molar-refractivity contribution in [2.45, 2.75) is 6.92 Å². The first-order chi connectivity index (χ1) is 15.1. The Hall–Kier alpha value is -4.12. The quantitative estimate of drug-likeness (QED) is 0.446. The lowest BCUT2D eigenvalue weighted by Crippen LogP contribution is -2.20. The fourth-order valence-corrected chi connectivity index (χ4v) is 3.30. The maximum Gasteiger partial charge on any atom is 0.262 e. The molecule has 4 rings (SSSR count). The normalized spacial score (nSPS) is 10.5. The predicted octanol–water partition coefficient (Wildman–Crippen LogP) is 5.42. The number of fused-ring (bicyclic) bond motifs is 1. The Bertz CT molecular complexity index is 1250. The summed E-state index contributed by atoms with van der Waals surface area (Å²) in [6.07, 6.45) is 0. The molecule has 0 atom stereocenters. The molecule has 2 N–H and O–H groups in total. The van der Waals surface area contributed by atoms with E-state index in [1.165, 1.54) is 0 Å². The molecule has 0 aliphatic carbocycles. The van der Waals surface area contributed by atoms with E-state index in [0.717, 1.165) is 16.3 Å². The van der Waals surface area contributed by atoms with Gasteiger partial charge >= 0.3 is 0 Å². The summed E-state index contributed by atoms with van der Waals surface area (Å²) < 4.78 is 5.63. The summed E-state index contributed by atoms with van der Waals surface area (Å²) in [6, 6.07) is 28.1. The van der Waals surface area contributed by atoms with Gasteiger partial charge in [-0.15, -0.1) is 0 Å². The molecular weight excluding hydrogens is 388 g/mol. The second-order valence-corrected chi connectivity index (χ2v) is 7.20. The van der Waals surface area contributed by atoms with Crippen molar-refractivity contribution in [1.29, 1.82) is 0 Å². The molecule has 2 amide bonds. The van der Waals surface area contributed by atoms with Gasteiger partial charge in [-0.1, -0.05) is 54.6 Å². The molecule has 0 fully saturated rings. The third kappa shape index (κ3) is 5.08. The maximum atomic E-state index is 12.5. The van der Waals surface area contributed by atoms with Crippen LogP contribution < -0.4 is 15.4 Å². The Labute approximate surface area is 180 Å². The van der Waals surface area contributed by atoms with Gasteiger partial charge < -0.3 is 15.4 Å².